The fourth-order valence-electron chi connectivity index (χ4n) is 1.74. The number of primary amides is 1. The summed E-state index contributed by atoms with van der Waals surface area (Å²) in [5.41, 5.74) is 13.0. The second-order valence-corrected chi connectivity index (χ2v) is 4.55. The Morgan fingerprint density at radius 2 is 1.91 bits per heavy atom. The minimum atomic E-state index is -0.801. The minimum absolute atomic E-state index is 0.0723. The van der Waals surface area contributed by atoms with Crippen LogP contribution in [0.5, 0.6) is 0 Å². The van der Waals surface area contributed by atoms with Crippen LogP contribution >= 0.6 is 0 Å². The van der Waals surface area contributed by atoms with Gasteiger partial charge in [-0.25, -0.2) is 10.2 Å². The third kappa shape index (κ3) is 7.58. The van der Waals surface area contributed by atoms with E-state index in [0.29, 0.717) is 6.42 Å². The molecule has 9 heteroatoms. The number of nitrogens with zero attached hydrogens (tertiary/aromatic N) is 1. The van der Waals surface area contributed by atoms with Crippen LogP contribution in [0.15, 0.2) is 35.4 Å². The molecule has 0 aliphatic carbocycles. The Morgan fingerprint density at radius 1 is 1.22 bits per heavy atom. The van der Waals surface area contributed by atoms with E-state index in [4.69, 9.17) is 11.5 Å². The topological polar surface area (TPSA) is 152 Å². The summed E-state index contributed by atoms with van der Waals surface area (Å²) in [5, 5.41) is 8.63. The lowest BCUT2D eigenvalue weighted by Crippen LogP contribution is -2.50. The monoisotopic (exact) mass is 320 g/mol. The maximum absolute atomic E-state index is 12.2. The molecule has 0 heterocycles. The van der Waals surface area contributed by atoms with Crippen LogP contribution in [-0.2, 0) is 16.0 Å². The first kappa shape index (κ1) is 18.1. The minimum Gasteiger partial charge on any atom is -0.350 e. The summed E-state index contributed by atoms with van der Waals surface area (Å²) in [6, 6.07) is 7.70. The van der Waals surface area contributed by atoms with E-state index in [-0.39, 0.29) is 19.0 Å². The molecule has 0 unspecified atom stereocenters. The molecule has 0 spiro atoms. The van der Waals surface area contributed by atoms with E-state index in [2.05, 4.69) is 15.7 Å². The lowest BCUT2D eigenvalue weighted by atomic mass is 10.1. The fourth-order valence-corrected chi connectivity index (χ4v) is 1.74. The highest BCUT2D eigenvalue weighted by molar-refractivity contribution is 5.89. The van der Waals surface area contributed by atoms with E-state index in [1.165, 1.54) is 6.21 Å². The zero-order valence-corrected chi connectivity index (χ0v) is 12.5. The van der Waals surface area contributed by atoms with Gasteiger partial charge in [0.2, 0.25) is 11.8 Å². The third-order valence-corrected chi connectivity index (χ3v) is 2.75. The normalized spacial score (nSPS) is 11.7. The van der Waals surface area contributed by atoms with Gasteiger partial charge in [0, 0.05) is 12.6 Å². The number of rotatable bonds is 8. The average Bonchev–Trinajstić information content (AvgIpc) is 2.54. The zero-order chi connectivity index (χ0) is 17.1. The molecule has 4 amide bonds. The molecule has 0 radical (unpaired) electrons. The smallest absolute Gasteiger partial charge is 0.332 e. The van der Waals surface area contributed by atoms with Crippen molar-refractivity contribution in [2.24, 2.45) is 16.6 Å². The number of carbonyl (C=O) groups excluding carboxylic acids is 3. The Balaban J connectivity index is 2.59. The molecule has 0 saturated carbocycles. The second kappa shape index (κ2) is 9.90. The molecule has 1 aromatic carbocycles. The molecule has 1 rings (SSSR count). The van der Waals surface area contributed by atoms with E-state index >= 15 is 0 Å². The van der Waals surface area contributed by atoms with Crippen LogP contribution in [0, 0.1) is 0 Å². The van der Waals surface area contributed by atoms with E-state index in [0.717, 1.165) is 5.56 Å². The summed E-state index contributed by atoms with van der Waals surface area (Å²) in [4.78, 5) is 34.0. The number of carbonyl (C=O) groups is 3. The molecule has 7 N–H and O–H groups in total. The number of nitrogens with one attached hydrogen (secondary N) is 3. The number of hydrogen-bond donors (Lipinski definition) is 5. The van der Waals surface area contributed by atoms with Crippen molar-refractivity contribution in [2.45, 2.75) is 12.5 Å². The molecule has 1 atom stereocenters. The molecule has 23 heavy (non-hydrogen) atoms. The van der Waals surface area contributed by atoms with Gasteiger partial charge in [-0.3, -0.25) is 9.59 Å². The SMILES string of the molecule is NCC(=O)N[C@@H](Cc1ccccc1)C(=O)NC/C=N\NC(N)=O. The van der Waals surface area contributed by atoms with Gasteiger partial charge in [-0.05, 0) is 5.56 Å². The van der Waals surface area contributed by atoms with Crippen molar-refractivity contribution in [3.05, 3.63) is 35.9 Å². The molecular formula is C14H20N6O3. The first-order valence-corrected chi connectivity index (χ1v) is 6.91. The lowest BCUT2D eigenvalue weighted by Gasteiger charge is -2.17. The van der Waals surface area contributed by atoms with Crippen LogP contribution in [0.25, 0.3) is 0 Å². The van der Waals surface area contributed by atoms with Gasteiger partial charge in [-0.2, -0.15) is 5.10 Å². The van der Waals surface area contributed by atoms with Gasteiger partial charge in [0.1, 0.15) is 6.04 Å². The van der Waals surface area contributed by atoms with Crippen LogP contribution < -0.4 is 27.5 Å². The van der Waals surface area contributed by atoms with Gasteiger partial charge in [0.25, 0.3) is 0 Å². The zero-order valence-electron chi connectivity index (χ0n) is 12.5. The fraction of sp³-hybridized carbons (Fsp3) is 0.286. The van der Waals surface area contributed by atoms with Gasteiger partial charge in [-0.15, -0.1) is 0 Å². The summed E-state index contributed by atoms with van der Waals surface area (Å²) >= 11 is 0. The molecule has 0 bridgehead atoms. The molecule has 0 aliphatic heterocycles. The Kier molecular flexibility index (Phi) is 7.79. The van der Waals surface area contributed by atoms with Crippen molar-refractivity contribution in [2.75, 3.05) is 13.1 Å². The summed E-state index contributed by atoms with van der Waals surface area (Å²) in [6.45, 7) is -0.133. The maximum Gasteiger partial charge on any atom is 0.332 e. The molecular weight excluding hydrogens is 300 g/mol. The maximum atomic E-state index is 12.2. The Bertz CT molecular complexity index is 561. The molecule has 0 fully saturated rings. The third-order valence-electron chi connectivity index (χ3n) is 2.75. The molecule has 0 aromatic heterocycles. The van der Waals surface area contributed by atoms with E-state index in [9.17, 15) is 14.4 Å². The Morgan fingerprint density at radius 3 is 2.52 bits per heavy atom. The summed E-state index contributed by atoms with van der Waals surface area (Å²) in [6.07, 6.45) is 1.60. The van der Waals surface area contributed by atoms with Crippen LogP contribution in [0.3, 0.4) is 0 Å². The first-order valence-electron chi connectivity index (χ1n) is 6.91. The quantitative estimate of drug-likeness (QED) is 0.290. The van der Waals surface area contributed by atoms with Gasteiger partial charge in [-0.1, -0.05) is 30.3 Å². The number of urea groups is 1. The molecule has 9 nitrogen and oxygen atoms in total. The van der Waals surface area contributed by atoms with Gasteiger partial charge < -0.3 is 22.1 Å². The lowest BCUT2D eigenvalue weighted by molar-refractivity contribution is -0.128. The van der Waals surface area contributed by atoms with Crippen molar-refractivity contribution in [3.8, 4) is 0 Å². The van der Waals surface area contributed by atoms with Crippen molar-refractivity contribution < 1.29 is 14.4 Å². The number of nitrogens with two attached hydrogens (primary N) is 2. The van der Waals surface area contributed by atoms with Gasteiger partial charge in [0.05, 0.1) is 13.1 Å². The van der Waals surface area contributed by atoms with Crippen molar-refractivity contribution in [3.63, 3.8) is 0 Å². The predicted molar refractivity (Wildman–Crippen MR) is 85.4 cm³/mol. The number of amides is 4. The van der Waals surface area contributed by atoms with Crippen molar-refractivity contribution >= 4 is 24.1 Å². The Hall–Kier alpha value is -2.94. The van der Waals surface area contributed by atoms with Crippen LogP contribution in [0.1, 0.15) is 5.56 Å². The molecule has 0 aliphatic rings. The number of benzene rings is 1. The highest BCUT2D eigenvalue weighted by Crippen LogP contribution is 2.03. The highest BCUT2D eigenvalue weighted by atomic mass is 16.2. The number of hydrogen-bond acceptors (Lipinski definition) is 5. The van der Waals surface area contributed by atoms with E-state index in [1.807, 2.05) is 35.8 Å². The molecule has 1 aromatic rings. The summed E-state index contributed by atoms with van der Waals surface area (Å²) in [7, 11) is 0. The molecule has 0 saturated heterocycles. The second-order valence-electron chi connectivity index (χ2n) is 4.55. The standard InChI is InChI=1S/C14H20N6O3/c15-9-12(21)19-11(8-10-4-2-1-3-5-10)13(22)17-6-7-18-20-14(16)23/h1-5,7,11H,6,8-9,15H2,(H,17,22)(H,19,21)(H3,16,20,23)/b18-7-/t11-/m0/s1. The largest absolute Gasteiger partial charge is 0.350 e. The van der Waals surface area contributed by atoms with Crippen molar-refractivity contribution in [1.82, 2.24) is 16.1 Å². The van der Waals surface area contributed by atoms with Crippen LogP contribution in [-0.4, -0.2) is 43.2 Å². The first-order chi connectivity index (χ1) is 11.0. The highest BCUT2D eigenvalue weighted by Gasteiger charge is 2.20. The Labute approximate surface area is 133 Å². The van der Waals surface area contributed by atoms with Gasteiger partial charge in [0.15, 0.2) is 0 Å². The number of hydrazone groups is 1. The van der Waals surface area contributed by atoms with E-state index < -0.39 is 18.0 Å². The summed E-state index contributed by atoms with van der Waals surface area (Å²) < 4.78 is 0. The van der Waals surface area contributed by atoms with Crippen LogP contribution in [0.2, 0.25) is 0 Å². The predicted octanol–water partition coefficient (Wildman–Crippen LogP) is -1.56. The molecule has 124 valence electrons. The van der Waals surface area contributed by atoms with Crippen molar-refractivity contribution in [1.29, 1.82) is 0 Å². The van der Waals surface area contributed by atoms with Gasteiger partial charge >= 0.3 is 6.03 Å². The van der Waals surface area contributed by atoms with Crippen LogP contribution in [0.4, 0.5) is 4.79 Å². The van der Waals surface area contributed by atoms with E-state index in [1.54, 1.807) is 0 Å². The summed E-state index contributed by atoms with van der Waals surface area (Å²) in [5.74, 6) is -0.814. The average molecular weight is 320 g/mol.